The third-order valence-electron chi connectivity index (χ3n) is 2.29. The molecule has 2 rings (SSSR count). The molecule has 0 fully saturated rings. The molecule has 86 valence electrons. The fourth-order valence-corrected chi connectivity index (χ4v) is 1.51. The van der Waals surface area contributed by atoms with E-state index >= 15 is 0 Å². The van der Waals surface area contributed by atoms with Gasteiger partial charge in [0.1, 0.15) is 0 Å². The predicted molar refractivity (Wildman–Crippen MR) is 62.2 cm³/mol. The fourth-order valence-electron chi connectivity index (χ4n) is 1.51. The highest BCUT2D eigenvalue weighted by Gasteiger charge is 2.13. The zero-order chi connectivity index (χ0) is 12.4. The van der Waals surface area contributed by atoms with Crippen molar-refractivity contribution in [3.8, 4) is 0 Å². The quantitative estimate of drug-likeness (QED) is 0.776. The van der Waals surface area contributed by atoms with Crippen molar-refractivity contribution < 1.29 is 4.79 Å². The van der Waals surface area contributed by atoms with Gasteiger partial charge in [-0.3, -0.25) is 9.59 Å². The molecule has 0 unspecified atom stereocenters. The topological polar surface area (TPSA) is 71.9 Å². The molecule has 0 saturated carbocycles. The van der Waals surface area contributed by atoms with Gasteiger partial charge in [0.2, 0.25) is 0 Å². The average molecular weight is 230 g/mol. The molecular formula is C12H10N2O3. The van der Waals surface area contributed by atoms with Crippen LogP contribution >= 0.6 is 0 Å². The largest absolute Gasteiger partial charge is 0.335 e. The second kappa shape index (κ2) is 4.21. The highest BCUT2D eigenvalue weighted by molar-refractivity contribution is 5.95. The molecule has 0 amide bonds. The predicted octanol–water partition coefficient (Wildman–Crippen LogP) is 0.534. The number of H-pyrrole nitrogens is 1. The summed E-state index contributed by atoms with van der Waals surface area (Å²) < 4.78 is 0.586. The lowest BCUT2D eigenvalue weighted by Gasteiger charge is -2.03. The minimum absolute atomic E-state index is 0.295. The van der Waals surface area contributed by atoms with E-state index in [0.29, 0.717) is 15.8 Å². The Balaban J connectivity index is 2.61. The van der Waals surface area contributed by atoms with Gasteiger partial charge in [-0.15, -0.1) is 0 Å². The second-order valence-corrected chi connectivity index (χ2v) is 3.60. The van der Waals surface area contributed by atoms with Crippen LogP contribution in [-0.4, -0.2) is 15.5 Å². The second-order valence-electron chi connectivity index (χ2n) is 3.60. The van der Waals surface area contributed by atoms with Crippen LogP contribution in [0.4, 0.5) is 0 Å². The van der Waals surface area contributed by atoms with E-state index in [1.54, 1.807) is 37.3 Å². The number of rotatable bonds is 1. The Morgan fingerprint density at radius 3 is 2.41 bits per heavy atom. The molecule has 5 heteroatoms. The summed E-state index contributed by atoms with van der Waals surface area (Å²) in [6.07, 6.45) is 0. The first-order chi connectivity index (χ1) is 8.09. The monoisotopic (exact) mass is 230 g/mol. The van der Waals surface area contributed by atoms with Crippen LogP contribution in [-0.2, 0) is 0 Å². The molecule has 0 saturated heterocycles. The van der Waals surface area contributed by atoms with Gasteiger partial charge in [-0.25, -0.2) is 4.79 Å². The van der Waals surface area contributed by atoms with Gasteiger partial charge in [-0.05, 0) is 19.1 Å². The number of hydrogen-bond donors (Lipinski definition) is 1. The fraction of sp³-hybridized carbons (Fsp3) is 0.0833. The molecule has 0 aliphatic rings. The number of nitrogens with one attached hydrogen (secondary N) is 1. The van der Waals surface area contributed by atoms with Gasteiger partial charge in [0.15, 0.2) is 0 Å². The summed E-state index contributed by atoms with van der Waals surface area (Å²) in [7, 11) is 0. The standard InChI is InChI=1S/C12H10N2O3/c1-8-7-10(15)14(12(17)13-8)11(16)9-5-3-2-4-6-9/h2-7H,1H3,(H,13,17). The van der Waals surface area contributed by atoms with Gasteiger partial charge in [-0.1, -0.05) is 18.2 Å². The molecule has 1 aromatic heterocycles. The molecule has 2 aromatic rings. The third-order valence-corrected chi connectivity index (χ3v) is 2.29. The van der Waals surface area contributed by atoms with Gasteiger partial charge >= 0.3 is 5.69 Å². The molecule has 0 aliphatic heterocycles. The molecular weight excluding hydrogens is 220 g/mol. The van der Waals surface area contributed by atoms with Crippen LogP contribution in [0.1, 0.15) is 16.1 Å². The van der Waals surface area contributed by atoms with E-state index in [0.717, 1.165) is 0 Å². The van der Waals surface area contributed by atoms with E-state index in [1.807, 2.05) is 0 Å². The summed E-state index contributed by atoms with van der Waals surface area (Å²) in [4.78, 5) is 37.5. The maximum Gasteiger partial charge on any atom is 0.335 e. The third kappa shape index (κ3) is 2.08. The number of carbonyl (C=O) groups is 1. The SMILES string of the molecule is Cc1cc(=O)n(C(=O)c2ccccc2)c(=O)[nH]1. The first kappa shape index (κ1) is 11.1. The normalized spacial score (nSPS) is 10.2. The van der Waals surface area contributed by atoms with Crippen molar-refractivity contribution in [2.45, 2.75) is 6.92 Å². The van der Waals surface area contributed by atoms with Gasteiger partial charge in [0.25, 0.3) is 11.5 Å². The molecule has 0 spiro atoms. The number of hydrogen-bond acceptors (Lipinski definition) is 3. The summed E-state index contributed by atoms with van der Waals surface area (Å²) in [5.41, 5.74) is -0.620. The summed E-state index contributed by atoms with van der Waals surface area (Å²) >= 11 is 0. The number of aromatic nitrogens is 2. The molecule has 5 nitrogen and oxygen atoms in total. The Labute approximate surface area is 96.4 Å². The lowest BCUT2D eigenvalue weighted by atomic mass is 10.2. The molecule has 0 aliphatic carbocycles. The van der Waals surface area contributed by atoms with Gasteiger partial charge < -0.3 is 4.98 Å². The Morgan fingerprint density at radius 1 is 1.18 bits per heavy atom. The molecule has 1 heterocycles. The number of nitrogens with zero attached hydrogens (tertiary/aromatic N) is 1. The van der Waals surface area contributed by atoms with E-state index in [2.05, 4.69) is 4.98 Å². The maximum atomic E-state index is 11.9. The first-order valence-electron chi connectivity index (χ1n) is 5.02. The van der Waals surface area contributed by atoms with Crippen molar-refractivity contribution in [1.29, 1.82) is 0 Å². The molecule has 0 bridgehead atoms. The Kier molecular flexibility index (Phi) is 2.74. The number of carbonyl (C=O) groups excluding carboxylic acids is 1. The van der Waals surface area contributed by atoms with E-state index in [9.17, 15) is 14.4 Å². The lowest BCUT2D eigenvalue weighted by Crippen LogP contribution is -2.40. The minimum Gasteiger partial charge on any atom is -0.311 e. The summed E-state index contributed by atoms with van der Waals surface area (Å²) in [6.45, 7) is 1.58. The van der Waals surface area contributed by atoms with Gasteiger partial charge in [0, 0.05) is 17.3 Å². The van der Waals surface area contributed by atoms with Crippen molar-refractivity contribution in [1.82, 2.24) is 9.55 Å². The van der Waals surface area contributed by atoms with Gasteiger partial charge in [0.05, 0.1) is 0 Å². The zero-order valence-corrected chi connectivity index (χ0v) is 9.14. The summed E-state index contributed by atoms with van der Waals surface area (Å²) in [6, 6.07) is 9.39. The highest BCUT2D eigenvalue weighted by atomic mass is 16.2. The smallest absolute Gasteiger partial charge is 0.311 e. The number of benzene rings is 1. The Morgan fingerprint density at radius 2 is 1.82 bits per heavy atom. The van der Waals surface area contributed by atoms with Crippen LogP contribution in [0.25, 0.3) is 0 Å². The van der Waals surface area contributed by atoms with E-state index < -0.39 is 17.2 Å². The van der Waals surface area contributed by atoms with Crippen LogP contribution in [0, 0.1) is 6.92 Å². The van der Waals surface area contributed by atoms with Crippen molar-refractivity contribution in [2.24, 2.45) is 0 Å². The average Bonchev–Trinajstić information content (AvgIpc) is 2.28. The van der Waals surface area contributed by atoms with Crippen molar-refractivity contribution in [3.63, 3.8) is 0 Å². The molecule has 1 N–H and O–H groups in total. The van der Waals surface area contributed by atoms with Crippen molar-refractivity contribution in [2.75, 3.05) is 0 Å². The Bertz CT molecular complexity index is 637. The summed E-state index contributed by atoms with van der Waals surface area (Å²) in [5.74, 6) is -0.628. The van der Waals surface area contributed by atoms with Crippen LogP contribution in [0.3, 0.4) is 0 Å². The molecule has 0 radical (unpaired) electrons. The zero-order valence-electron chi connectivity index (χ0n) is 9.14. The van der Waals surface area contributed by atoms with E-state index in [-0.39, 0.29) is 0 Å². The highest BCUT2D eigenvalue weighted by Crippen LogP contribution is 1.99. The minimum atomic E-state index is -0.719. The number of aryl methyl sites for hydroxylation is 1. The van der Waals surface area contributed by atoms with Gasteiger partial charge in [-0.2, -0.15) is 4.57 Å². The first-order valence-corrected chi connectivity index (χ1v) is 5.02. The van der Waals surface area contributed by atoms with Crippen LogP contribution in [0.5, 0.6) is 0 Å². The van der Waals surface area contributed by atoms with Crippen molar-refractivity contribution >= 4 is 5.91 Å². The van der Waals surface area contributed by atoms with Crippen LogP contribution in [0.2, 0.25) is 0 Å². The number of aromatic amines is 1. The summed E-state index contributed by atoms with van der Waals surface area (Å²) in [5, 5.41) is 0. The maximum absolute atomic E-state index is 11.9. The van der Waals surface area contributed by atoms with Crippen LogP contribution in [0.15, 0.2) is 46.0 Å². The molecule has 1 aromatic carbocycles. The molecule has 0 atom stereocenters. The van der Waals surface area contributed by atoms with E-state index in [1.165, 1.54) is 6.07 Å². The molecule has 17 heavy (non-hydrogen) atoms. The van der Waals surface area contributed by atoms with E-state index in [4.69, 9.17) is 0 Å². The lowest BCUT2D eigenvalue weighted by molar-refractivity contribution is 0.0950. The van der Waals surface area contributed by atoms with Crippen molar-refractivity contribution in [3.05, 3.63) is 68.5 Å². The Hall–Kier alpha value is -2.43. The van der Waals surface area contributed by atoms with Crippen LogP contribution < -0.4 is 11.2 Å².